The Morgan fingerprint density at radius 1 is 1.60 bits per heavy atom. The highest BCUT2D eigenvalue weighted by Gasteiger charge is 2.02. The van der Waals surface area contributed by atoms with Gasteiger partial charge in [0.15, 0.2) is 3.84 Å². The summed E-state index contributed by atoms with van der Waals surface area (Å²) in [6.07, 6.45) is -0.581. The van der Waals surface area contributed by atoms with Crippen molar-refractivity contribution in [3.05, 3.63) is 0 Å². The summed E-state index contributed by atoms with van der Waals surface area (Å²) in [4.78, 5) is 14.0. The number of hydrogen-bond donors (Lipinski definition) is 0. The molecule has 0 heterocycles. The number of ether oxygens (including phenoxy) is 1. The first-order valence-corrected chi connectivity index (χ1v) is 5.02. The highest BCUT2D eigenvalue weighted by molar-refractivity contribution is 14.2. The maximum absolute atomic E-state index is 10.5. The molecule has 0 bridgehead atoms. The van der Waals surface area contributed by atoms with E-state index in [0.717, 1.165) is 0 Å². The van der Waals surface area contributed by atoms with Crippen molar-refractivity contribution < 1.29 is 9.53 Å². The molecule has 0 radical (unpaired) electrons. The summed E-state index contributed by atoms with van der Waals surface area (Å²) in [6.45, 7) is 0. The Labute approximate surface area is 99.9 Å². The van der Waals surface area contributed by atoms with Crippen molar-refractivity contribution in [2.45, 2.75) is 0 Å². The van der Waals surface area contributed by atoms with Crippen molar-refractivity contribution in [3.8, 4) is 0 Å². The second-order valence-electron chi connectivity index (χ2n) is 1.08. The number of carbonyl (C=O) groups excluding carboxylic acids is 1. The van der Waals surface area contributed by atoms with Crippen LogP contribution >= 0.6 is 68.3 Å². The van der Waals surface area contributed by atoms with Crippen molar-refractivity contribution in [1.82, 2.24) is 1.33 Å². The molecule has 0 rings (SSSR count). The smallest absolute Gasteiger partial charge is 0.435 e. The Hall–Kier alpha value is 1.13. The first-order chi connectivity index (χ1) is 4.57. The number of rotatable bonds is 0. The highest BCUT2D eigenvalue weighted by Crippen LogP contribution is 2.13. The van der Waals surface area contributed by atoms with E-state index in [2.05, 4.69) is 9.73 Å². The van der Waals surface area contributed by atoms with Crippen LogP contribution in [-0.4, -0.2) is 18.4 Å². The van der Waals surface area contributed by atoms with Crippen LogP contribution in [0.2, 0.25) is 0 Å². The summed E-state index contributed by atoms with van der Waals surface area (Å²) in [5.74, 6) is 0. The van der Waals surface area contributed by atoms with Crippen LogP contribution in [0.5, 0.6) is 0 Å². The van der Waals surface area contributed by atoms with Gasteiger partial charge in [-0.1, -0.05) is 0 Å². The normalized spacial score (nSPS) is 11.0. The third-order valence-electron chi connectivity index (χ3n) is 0.498. The van der Waals surface area contributed by atoms with E-state index in [0.29, 0.717) is 3.84 Å². The fourth-order valence-electron chi connectivity index (χ4n) is 0.159. The summed E-state index contributed by atoms with van der Waals surface area (Å²) >= 11 is 5.91. The van der Waals surface area contributed by atoms with Crippen molar-refractivity contribution in [1.29, 1.82) is 0 Å². The SMILES string of the molecule is COC(=O)/N=C(/I)N(I)I. The molecule has 0 N–H and O–H groups in total. The highest BCUT2D eigenvalue weighted by atomic mass is 127. The van der Waals surface area contributed by atoms with E-state index < -0.39 is 6.09 Å². The molecule has 0 aromatic carbocycles. The molecule has 0 saturated carbocycles. The number of aliphatic imine (C=N–C) groups is 1. The van der Waals surface area contributed by atoms with Gasteiger partial charge in [-0.2, -0.15) is 4.99 Å². The maximum atomic E-state index is 10.5. The van der Waals surface area contributed by atoms with E-state index >= 15 is 0 Å². The summed E-state index contributed by atoms with van der Waals surface area (Å²) < 4.78 is 6.54. The number of methoxy groups -OCH3 is 1. The molecule has 10 heavy (non-hydrogen) atoms. The molecule has 0 aliphatic rings. The van der Waals surface area contributed by atoms with E-state index in [-0.39, 0.29) is 0 Å². The second-order valence-corrected chi connectivity index (χ2v) is 5.82. The zero-order chi connectivity index (χ0) is 8.15. The van der Waals surface area contributed by atoms with Crippen molar-refractivity contribution in [2.75, 3.05) is 7.11 Å². The third-order valence-corrected chi connectivity index (χ3v) is 3.98. The van der Waals surface area contributed by atoms with Gasteiger partial charge in [-0.3, -0.25) is 0 Å². The van der Waals surface area contributed by atoms with E-state index in [9.17, 15) is 4.79 Å². The number of carbonyl (C=O) groups is 1. The van der Waals surface area contributed by atoms with Crippen LogP contribution in [0.3, 0.4) is 0 Å². The van der Waals surface area contributed by atoms with Gasteiger partial charge in [0, 0.05) is 22.6 Å². The zero-order valence-corrected chi connectivity index (χ0v) is 11.3. The summed E-state index contributed by atoms with van der Waals surface area (Å²) in [6, 6.07) is 0. The standard InChI is InChI=1S/C3H3I3N2O2/c1-10-3(9)7-2(4)8(5)6/h1H3/b7-2-. The number of halogens is 3. The molecule has 0 aromatic heterocycles. The summed E-state index contributed by atoms with van der Waals surface area (Å²) in [5, 5.41) is 0. The zero-order valence-electron chi connectivity index (χ0n) is 4.84. The second kappa shape index (κ2) is 5.74. The van der Waals surface area contributed by atoms with Crippen LogP contribution in [0, 0.1) is 0 Å². The van der Waals surface area contributed by atoms with E-state index in [1.54, 1.807) is 1.33 Å². The van der Waals surface area contributed by atoms with E-state index in [4.69, 9.17) is 0 Å². The van der Waals surface area contributed by atoms with Crippen molar-refractivity contribution in [2.24, 2.45) is 4.99 Å². The number of amidine groups is 1. The monoisotopic (exact) mass is 480 g/mol. The van der Waals surface area contributed by atoms with Gasteiger partial charge in [-0.05, 0) is 0 Å². The molecule has 1 amide bonds. The topological polar surface area (TPSA) is 41.9 Å². The van der Waals surface area contributed by atoms with Gasteiger partial charge in [-0.25, -0.2) is 6.12 Å². The van der Waals surface area contributed by atoms with Gasteiger partial charge in [0.1, 0.15) is 0 Å². The van der Waals surface area contributed by atoms with Crippen molar-refractivity contribution >= 4 is 78.3 Å². The number of hydrogen-bond acceptors (Lipinski definition) is 2. The maximum Gasteiger partial charge on any atom is 0.435 e. The molecule has 4 nitrogen and oxygen atoms in total. The molecule has 0 aliphatic heterocycles. The Morgan fingerprint density at radius 3 is 2.40 bits per heavy atom. The molecule has 0 aromatic rings. The molecule has 0 fully saturated rings. The molecule has 0 spiro atoms. The minimum absolute atomic E-state index is 0.575. The molecule has 0 atom stereocenters. The number of nitrogens with zero attached hydrogens (tertiary/aromatic N) is 2. The molecule has 7 heteroatoms. The van der Waals surface area contributed by atoms with E-state index in [1.807, 2.05) is 68.3 Å². The first-order valence-electron chi connectivity index (χ1n) is 2.01. The van der Waals surface area contributed by atoms with Gasteiger partial charge >= 0.3 is 6.09 Å². The largest absolute Gasteiger partial charge is 0.451 e. The van der Waals surface area contributed by atoms with Gasteiger partial charge in [0.2, 0.25) is 0 Å². The predicted octanol–water partition coefficient (Wildman–Crippen LogP) is 2.55. The average molecular weight is 480 g/mol. The Bertz CT molecular complexity index is 158. The van der Waals surface area contributed by atoms with Gasteiger partial charge in [-0.15, -0.1) is 0 Å². The fraction of sp³-hybridized carbons (Fsp3) is 0.333. The summed E-state index contributed by atoms with van der Waals surface area (Å²) in [7, 11) is 1.29. The average Bonchev–Trinajstić information content (AvgIpc) is 1.87. The van der Waals surface area contributed by atoms with Crippen LogP contribution < -0.4 is 0 Å². The molecule has 58 valence electrons. The Balaban J connectivity index is 4.03. The minimum atomic E-state index is -0.581. The van der Waals surface area contributed by atoms with Crippen LogP contribution in [0.15, 0.2) is 4.99 Å². The Kier molecular flexibility index (Phi) is 6.39. The number of amides is 1. The van der Waals surface area contributed by atoms with Crippen LogP contribution in [0.1, 0.15) is 0 Å². The summed E-state index contributed by atoms with van der Waals surface area (Å²) in [5.41, 5.74) is 0. The lowest BCUT2D eigenvalue weighted by Gasteiger charge is -2.01. The van der Waals surface area contributed by atoms with E-state index in [1.165, 1.54) is 7.11 Å². The van der Waals surface area contributed by atoms with Crippen LogP contribution in [0.25, 0.3) is 0 Å². The molecule has 0 unspecified atom stereocenters. The Morgan fingerprint density at radius 2 is 2.10 bits per heavy atom. The molecular formula is C3H3I3N2O2. The first kappa shape index (κ1) is 11.1. The third kappa shape index (κ3) is 4.87. The molecular weight excluding hydrogens is 477 g/mol. The lowest BCUT2D eigenvalue weighted by Crippen LogP contribution is -2.04. The van der Waals surface area contributed by atoms with Gasteiger partial charge in [0.05, 0.1) is 52.8 Å². The quantitative estimate of drug-likeness (QED) is 0.176. The molecule has 0 aliphatic carbocycles. The van der Waals surface area contributed by atoms with Crippen molar-refractivity contribution in [3.63, 3.8) is 0 Å². The van der Waals surface area contributed by atoms with Crippen LogP contribution in [-0.2, 0) is 4.74 Å². The fourth-order valence-corrected chi connectivity index (χ4v) is 0.571. The van der Waals surface area contributed by atoms with Gasteiger partial charge < -0.3 is 4.74 Å². The molecule has 0 saturated heterocycles. The lowest BCUT2D eigenvalue weighted by molar-refractivity contribution is 0.182. The lowest BCUT2D eigenvalue weighted by atomic mass is 11.1. The van der Waals surface area contributed by atoms with Gasteiger partial charge in [0.25, 0.3) is 0 Å². The minimum Gasteiger partial charge on any atom is -0.451 e. The van der Waals surface area contributed by atoms with Crippen LogP contribution in [0.4, 0.5) is 4.79 Å². The predicted molar refractivity (Wildman–Crippen MR) is 63.7 cm³/mol.